The molecular weight excluding hydrogens is 392 g/mol. The van der Waals surface area contributed by atoms with E-state index in [1.54, 1.807) is 55.4 Å². The van der Waals surface area contributed by atoms with E-state index in [-0.39, 0.29) is 13.1 Å². The molecular formula is C24H22N4O3. The molecule has 3 heterocycles. The number of nitrogens with zero attached hydrogens (tertiary/aromatic N) is 4. The highest BCUT2D eigenvalue weighted by Crippen LogP contribution is 2.20. The van der Waals surface area contributed by atoms with Gasteiger partial charge in [-0.2, -0.15) is 5.10 Å². The molecule has 0 bridgehead atoms. The van der Waals surface area contributed by atoms with Crippen LogP contribution in [0.4, 0.5) is 0 Å². The van der Waals surface area contributed by atoms with Crippen LogP contribution in [0.25, 0.3) is 5.69 Å². The summed E-state index contributed by atoms with van der Waals surface area (Å²) in [6, 6.07) is 16.7. The number of furan rings is 1. The van der Waals surface area contributed by atoms with E-state index in [9.17, 15) is 9.59 Å². The van der Waals surface area contributed by atoms with E-state index in [0.717, 1.165) is 11.3 Å². The minimum atomic E-state index is -0.612. The average Bonchev–Trinajstić information content (AvgIpc) is 3.41. The Labute approximate surface area is 179 Å². The molecule has 4 aromatic rings. The molecule has 31 heavy (non-hydrogen) atoms. The number of para-hydroxylation sites is 1. The standard InChI is InChI=1S/C24H22N4O3/c1-17-22(18(2)28(26-17)20-9-4-3-5-10-20)23(29)24(30)27(16-21-11-7-13-31-21)15-19-8-6-12-25-14-19/h3-14H,15-16H2,1-2H3. The van der Waals surface area contributed by atoms with Crippen molar-refractivity contribution in [2.24, 2.45) is 0 Å². The van der Waals surface area contributed by atoms with Gasteiger partial charge in [-0.15, -0.1) is 0 Å². The monoisotopic (exact) mass is 414 g/mol. The van der Waals surface area contributed by atoms with Crippen LogP contribution in [0.5, 0.6) is 0 Å². The van der Waals surface area contributed by atoms with Gasteiger partial charge in [-0.25, -0.2) is 4.68 Å². The van der Waals surface area contributed by atoms with Crippen LogP contribution in [0.1, 0.15) is 33.1 Å². The lowest BCUT2D eigenvalue weighted by Gasteiger charge is -2.21. The molecule has 7 heteroatoms. The van der Waals surface area contributed by atoms with Crippen LogP contribution in [0.15, 0.2) is 77.7 Å². The van der Waals surface area contributed by atoms with Gasteiger partial charge in [0.2, 0.25) is 0 Å². The van der Waals surface area contributed by atoms with Gasteiger partial charge < -0.3 is 9.32 Å². The Morgan fingerprint density at radius 3 is 2.48 bits per heavy atom. The van der Waals surface area contributed by atoms with Gasteiger partial charge in [0.1, 0.15) is 5.76 Å². The van der Waals surface area contributed by atoms with Gasteiger partial charge in [0, 0.05) is 18.9 Å². The lowest BCUT2D eigenvalue weighted by atomic mass is 10.1. The van der Waals surface area contributed by atoms with E-state index >= 15 is 0 Å². The zero-order valence-corrected chi connectivity index (χ0v) is 17.4. The highest BCUT2D eigenvalue weighted by atomic mass is 16.3. The van der Waals surface area contributed by atoms with Crippen LogP contribution in [-0.2, 0) is 17.9 Å². The zero-order valence-electron chi connectivity index (χ0n) is 17.4. The lowest BCUT2D eigenvalue weighted by Crippen LogP contribution is -2.36. The molecule has 0 unspecified atom stereocenters. The van der Waals surface area contributed by atoms with Crippen molar-refractivity contribution in [1.29, 1.82) is 0 Å². The van der Waals surface area contributed by atoms with E-state index in [0.29, 0.717) is 22.7 Å². The van der Waals surface area contributed by atoms with Crippen molar-refractivity contribution in [2.75, 3.05) is 0 Å². The molecule has 156 valence electrons. The molecule has 1 amide bonds. The maximum Gasteiger partial charge on any atom is 0.295 e. The molecule has 1 aromatic carbocycles. The van der Waals surface area contributed by atoms with Crippen LogP contribution in [0.2, 0.25) is 0 Å². The van der Waals surface area contributed by atoms with Gasteiger partial charge in [-0.3, -0.25) is 14.6 Å². The van der Waals surface area contributed by atoms with Gasteiger partial charge in [0.25, 0.3) is 11.7 Å². The molecule has 3 aromatic heterocycles. The molecule has 0 atom stereocenters. The SMILES string of the molecule is Cc1nn(-c2ccccc2)c(C)c1C(=O)C(=O)N(Cc1cccnc1)Cc1ccco1. The summed E-state index contributed by atoms with van der Waals surface area (Å²) >= 11 is 0. The first-order valence-electron chi connectivity index (χ1n) is 9.91. The Bertz CT molecular complexity index is 1180. The number of rotatable bonds is 7. The minimum absolute atomic E-state index is 0.178. The summed E-state index contributed by atoms with van der Waals surface area (Å²) in [5, 5.41) is 4.50. The quantitative estimate of drug-likeness (QED) is 0.339. The van der Waals surface area contributed by atoms with Crippen LogP contribution >= 0.6 is 0 Å². The highest BCUT2D eigenvalue weighted by Gasteiger charge is 2.29. The first-order valence-corrected chi connectivity index (χ1v) is 9.91. The minimum Gasteiger partial charge on any atom is -0.467 e. The molecule has 0 aliphatic heterocycles. The number of amides is 1. The summed E-state index contributed by atoms with van der Waals surface area (Å²) in [6.07, 6.45) is 4.89. The maximum absolute atomic E-state index is 13.3. The third-order valence-corrected chi connectivity index (χ3v) is 5.02. The van der Waals surface area contributed by atoms with E-state index in [2.05, 4.69) is 10.1 Å². The summed E-state index contributed by atoms with van der Waals surface area (Å²) in [5.41, 5.74) is 3.12. The average molecular weight is 414 g/mol. The number of carbonyl (C=O) groups excluding carboxylic acids is 2. The third kappa shape index (κ3) is 4.30. The molecule has 4 rings (SSSR count). The molecule has 0 aliphatic carbocycles. The molecule has 0 radical (unpaired) electrons. The van der Waals surface area contributed by atoms with Gasteiger partial charge in [-0.1, -0.05) is 24.3 Å². The maximum atomic E-state index is 13.3. The number of aromatic nitrogens is 3. The second kappa shape index (κ2) is 8.79. The first kappa shape index (κ1) is 20.3. The third-order valence-electron chi connectivity index (χ3n) is 5.02. The van der Waals surface area contributed by atoms with Gasteiger partial charge in [0.15, 0.2) is 0 Å². The van der Waals surface area contributed by atoms with Crippen molar-refractivity contribution >= 4 is 11.7 Å². The summed E-state index contributed by atoms with van der Waals surface area (Å²) in [7, 11) is 0. The van der Waals surface area contributed by atoms with Crippen LogP contribution in [0.3, 0.4) is 0 Å². The number of Topliss-reactive ketones (excluding diaryl/α,β-unsaturated/α-hetero) is 1. The lowest BCUT2D eigenvalue weighted by molar-refractivity contribution is -0.127. The number of ketones is 1. The van der Waals surface area contributed by atoms with Crippen molar-refractivity contribution < 1.29 is 14.0 Å². The second-order valence-corrected chi connectivity index (χ2v) is 7.22. The Balaban J connectivity index is 1.65. The predicted octanol–water partition coefficient (Wildman–Crippen LogP) is 3.89. The Hall–Kier alpha value is -4.00. The Morgan fingerprint density at radius 1 is 1.00 bits per heavy atom. The summed E-state index contributed by atoms with van der Waals surface area (Å²) in [4.78, 5) is 32.2. The molecule has 7 nitrogen and oxygen atoms in total. The molecule has 0 saturated heterocycles. The van der Waals surface area contributed by atoms with E-state index in [1.807, 2.05) is 36.4 Å². The van der Waals surface area contributed by atoms with E-state index in [1.165, 1.54) is 4.90 Å². The molecule has 0 spiro atoms. The number of carbonyl (C=O) groups is 2. The number of benzene rings is 1. The second-order valence-electron chi connectivity index (χ2n) is 7.22. The zero-order chi connectivity index (χ0) is 21.8. The predicted molar refractivity (Wildman–Crippen MR) is 115 cm³/mol. The van der Waals surface area contributed by atoms with Crippen molar-refractivity contribution in [3.05, 3.63) is 102 Å². The van der Waals surface area contributed by atoms with Crippen LogP contribution in [0, 0.1) is 13.8 Å². The van der Waals surface area contributed by atoms with Crippen molar-refractivity contribution in [3.63, 3.8) is 0 Å². The fraction of sp³-hybridized carbons (Fsp3) is 0.167. The van der Waals surface area contributed by atoms with Crippen LogP contribution < -0.4 is 0 Å². The first-order chi connectivity index (χ1) is 15.0. The number of aryl methyl sites for hydroxylation is 1. The largest absolute Gasteiger partial charge is 0.467 e. The Morgan fingerprint density at radius 2 is 1.81 bits per heavy atom. The summed E-state index contributed by atoms with van der Waals surface area (Å²) in [6.45, 7) is 3.96. The van der Waals surface area contributed by atoms with E-state index in [4.69, 9.17) is 4.42 Å². The normalized spacial score (nSPS) is 10.8. The fourth-order valence-electron chi connectivity index (χ4n) is 3.54. The van der Waals surface area contributed by atoms with Crippen LogP contribution in [-0.4, -0.2) is 31.4 Å². The molecule has 0 fully saturated rings. The number of hydrogen-bond donors (Lipinski definition) is 0. The molecule has 0 saturated carbocycles. The Kier molecular flexibility index (Phi) is 5.75. The number of pyridine rings is 1. The van der Waals surface area contributed by atoms with Gasteiger partial charge >= 0.3 is 0 Å². The summed E-state index contributed by atoms with van der Waals surface area (Å²) in [5.74, 6) is -0.606. The topological polar surface area (TPSA) is 81.2 Å². The molecule has 0 N–H and O–H groups in total. The van der Waals surface area contributed by atoms with E-state index < -0.39 is 11.7 Å². The van der Waals surface area contributed by atoms with Gasteiger partial charge in [-0.05, 0) is 49.7 Å². The smallest absolute Gasteiger partial charge is 0.295 e. The van der Waals surface area contributed by atoms with Crippen molar-refractivity contribution in [3.8, 4) is 5.69 Å². The summed E-state index contributed by atoms with van der Waals surface area (Å²) < 4.78 is 7.10. The molecule has 0 aliphatic rings. The van der Waals surface area contributed by atoms with Gasteiger partial charge in [0.05, 0.1) is 35.4 Å². The highest BCUT2D eigenvalue weighted by molar-refractivity contribution is 6.43. The number of hydrogen-bond acceptors (Lipinski definition) is 5. The fourth-order valence-corrected chi connectivity index (χ4v) is 3.54. The van der Waals surface area contributed by atoms with Crippen molar-refractivity contribution in [1.82, 2.24) is 19.7 Å². The van der Waals surface area contributed by atoms with Crippen molar-refractivity contribution in [2.45, 2.75) is 26.9 Å².